The van der Waals surface area contributed by atoms with Crippen molar-refractivity contribution in [3.63, 3.8) is 0 Å². The Morgan fingerprint density at radius 1 is 0.917 bits per heavy atom. The first-order chi connectivity index (χ1) is 11.3. The molecule has 0 fully saturated rings. The molecule has 0 saturated heterocycles. The molecule has 0 aliphatic rings. The molecule has 1 N–H and O–H groups in total. The van der Waals surface area contributed by atoms with E-state index >= 15 is 0 Å². The van der Waals surface area contributed by atoms with Crippen molar-refractivity contribution in [1.82, 2.24) is 0 Å². The molecule has 0 aliphatic carbocycles. The summed E-state index contributed by atoms with van der Waals surface area (Å²) in [7, 11) is 0. The van der Waals surface area contributed by atoms with E-state index in [-0.39, 0.29) is 0 Å². The van der Waals surface area contributed by atoms with Gasteiger partial charge in [0.05, 0.1) is 0 Å². The summed E-state index contributed by atoms with van der Waals surface area (Å²) in [5, 5.41) is 9.69. The predicted molar refractivity (Wildman–Crippen MR) is 92.3 cm³/mol. The summed E-state index contributed by atoms with van der Waals surface area (Å²) in [6.07, 6.45) is 0. The maximum atomic E-state index is 12.5. The monoisotopic (exact) mass is 327 g/mol. The Kier molecular flexibility index (Phi) is 5.24. The van der Waals surface area contributed by atoms with E-state index in [2.05, 4.69) is 0 Å². The third-order valence-corrected chi connectivity index (χ3v) is 3.19. The molecule has 0 saturated carbocycles. The second-order valence-corrected chi connectivity index (χ2v) is 6.32. The van der Waals surface area contributed by atoms with Crippen molar-refractivity contribution in [2.45, 2.75) is 32.4 Å². The number of benzene rings is 2. The molecular formula is C19H21NO4. The second kappa shape index (κ2) is 7.17. The van der Waals surface area contributed by atoms with Crippen LogP contribution in [0.1, 0.15) is 20.8 Å². The van der Waals surface area contributed by atoms with Gasteiger partial charge in [0.1, 0.15) is 5.60 Å². The van der Waals surface area contributed by atoms with Gasteiger partial charge in [-0.25, -0.2) is 9.59 Å². The van der Waals surface area contributed by atoms with Gasteiger partial charge < -0.3 is 14.7 Å². The zero-order valence-corrected chi connectivity index (χ0v) is 14.0. The van der Waals surface area contributed by atoms with Gasteiger partial charge in [-0.15, -0.1) is 0 Å². The number of carboxylic acid groups (broad SMARTS) is 1. The summed E-state index contributed by atoms with van der Waals surface area (Å²) >= 11 is 0. The smallest absolute Gasteiger partial charge is 0.341 e. The number of hydrogen-bond acceptors (Lipinski definition) is 4. The summed E-state index contributed by atoms with van der Waals surface area (Å²) < 4.78 is 5.32. The van der Waals surface area contributed by atoms with E-state index in [1.165, 1.54) is 4.90 Å². The minimum Gasteiger partial charge on any atom is -0.479 e. The molecule has 2 rings (SSSR count). The molecule has 0 bridgehead atoms. The van der Waals surface area contributed by atoms with Crippen LogP contribution in [-0.4, -0.2) is 28.7 Å². The molecule has 1 atom stereocenters. The Hall–Kier alpha value is -2.82. The Balaban J connectivity index is 2.51. The fraction of sp³-hybridized carbons (Fsp3) is 0.263. The van der Waals surface area contributed by atoms with E-state index in [9.17, 15) is 14.7 Å². The van der Waals surface area contributed by atoms with Crippen molar-refractivity contribution < 1.29 is 19.4 Å². The molecule has 24 heavy (non-hydrogen) atoms. The van der Waals surface area contributed by atoms with Crippen LogP contribution < -0.4 is 4.90 Å². The lowest BCUT2D eigenvalue weighted by molar-refractivity contribution is -0.161. The molecule has 2 aromatic carbocycles. The maximum Gasteiger partial charge on any atom is 0.341 e. The first-order valence-electron chi connectivity index (χ1n) is 7.64. The van der Waals surface area contributed by atoms with Crippen LogP contribution in [0.15, 0.2) is 60.7 Å². The number of carbonyl (C=O) groups excluding carboxylic acids is 1. The topological polar surface area (TPSA) is 66.8 Å². The van der Waals surface area contributed by atoms with Gasteiger partial charge in [0.2, 0.25) is 6.04 Å². The highest BCUT2D eigenvalue weighted by molar-refractivity contribution is 6.03. The molecule has 0 heterocycles. The zero-order chi connectivity index (χ0) is 17.7. The first-order valence-corrected chi connectivity index (χ1v) is 7.64. The van der Waals surface area contributed by atoms with E-state index in [0.29, 0.717) is 11.4 Å². The van der Waals surface area contributed by atoms with Gasteiger partial charge in [-0.3, -0.25) is 0 Å². The standard InChI is InChI=1S/C19H21NO4/c1-19(2,3)24-18(23)16(17(21)22)20(14-10-6-4-7-11-14)15-12-8-5-9-13-15/h4-13,16H,1-3H3,(H,21,22)/t16-/m1/s1. The van der Waals surface area contributed by atoms with Crippen molar-refractivity contribution in [3.8, 4) is 0 Å². The fourth-order valence-electron chi connectivity index (χ4n) is 2.30. The number of esters is 1. The average Bonchev–Trinajstić information content (AvgIpc) is 2.52. The number of carboxylic acids is 1. The van der Waals surface area contributed by atoms with Crippen LogP contribution in [-0.2, 0) is 14.3 Å². The normalized spacial score (nSPS) is 12.3. The molecule has 2 aromatic rings. The van der Waals surface area contributed by atoms with Crippen LogP contribution in [0.25, 0.3) is 0 Å². The molecule has 0 aromatic heterocycles. The second-order valence-electron chi connectivity index (χ2n) is 6.32. The molecular weight excluding hydrogens is 306 g/mol. The highest BCUT2D eigenvalue weighted by atomic mass is 16.6. The summed E-state index contributed by atoms with van der Waals surface area (Å²) in [6.45, 7) is 5.12. The van der Waals surface area contributed by atoms with Gasteiger partial charge in [0, 0.05) is 11.4 Å². The number of ether oxygens (including phenoxy) is 1. The number of aliphatic carboxylic acids is 1. The molecule has 0 radical (unpaired) electrons. The summed E-state index contributed by atoms with van der Waals surface area (Å²) in [6, 6.07) is 16.4. The lowest BCUT2D eigenvalue weighted by atomic mass is 10.1. The van der Waals surface area contributed by atoms with Gasteiger partial charge in [-0.1, -0.05) is 36.4 Å². The van der Waals surface area contributed by atoms with Crippen LogP contribution >= 0.6 is 0 Å². The Bertz CT molecular complexity index is 653. The molecule has 126 valence electrons. The SMILES string of the molecule is CC(C)(C)OC(=O)[C@@H](C(=O)O)N(c1ccccc1)c1ccccc1. The van der Waals surface area contributed by atoms with E-state index in [4.69, 9.17) is 4.74 Å². The van der Waals surface area contributed by atoms with Crippen molar-refractivity contribution >= 4 is 23.3 Å². The van der Waals surface area contributed by atoms with E-state index in [1.807, 2.05) is 12.1 Å². The summed E-state index contributed by atoms with van der Waals surface area (Å²) in [4.78, 5) is 25.9. The number of nitrogens with zero attached hydrogens (tertiary/aromatic N) is 1. The summed E-state index contributed by atoms with van der Waals surface area (Å²) in [5.74, 6) is -2.07. The number of hydrogen-bond donors (Lipinski definition) is 1. The zero-order valence-electron chi connectivity index (χ0n) is 14.0. The lowest BCUT2D eigenvalue weighted by Crippen LogP contribution is -2.47. The highest BCUT2D eigenvalue weighted by Gasteiger charge is 2.37. The molecule has 5 nitrogen and oxygen atoms in total. The minimum absolute atomic E-state index is 0.599. The first kappa shape index (κ1) is 17.5. The Labute approximate surface area is 141 Å². The van der Waals surface area contributed by atoms with Crippen molar-refractivity contribution in [2.24, 2.45) is 0 Å². The third-order valence-electron chi connectivity index (χ3n) is 3.19. The molecule has 0 amide bonds. The van der Waals surface area contributed by atoms with Crippen molar-refractivity contribution in [1.29, 1.82) is 0 Å². The maximum absolute atomic E-state index is 12.5. The van der Waals surface area contributed by atoms with Gasteiger partial charge in [0.25, 0.3) is 0 Å². The van der Waals surface area contributed by atoms with E-state index in [0.717, 1.165) is 0 Å². The Morgan fingerprint density at radius 3 is 1.67 bits per heavy atom. The van der Waals surface area contributed by atoms with Crippen molar-refractivity contribution in [2.75, 3.05) is 4.90 Å². The number of anilines is 2. The van der Waals surface area contributed by atoms with Crippen molar-refractivity contribution in [3.05, 3.63) is 60.7 Å². The fourth-order valence-corrected chi connectivity index (χ4v) is 2.30. The highest BCUT2D eigenvalue weighted by Crippen LogP contribution is 2.29. The average molecular weight is 327 g/mol. The van der Waals surface area contributed by atoms with Gasteiger partial charge in [-0.2, -0.15) is 0 Å². The minimum atomic E-state index is -1.48. The molecule has 5 heteroatoms. The quantitative estimate of drug-likeness (QED) is 0.671. The molecule has 0 unspecified atom stereocenters. The van der Waals surface area contributed by atoms with Gasteiger partial charge in [0.15, 0.2) is 0 Å². The Morgan fingerprint density at radius 2 is 1.33 bits per heavy atom. The van der Waals surface area contributed by atoms with Crippen LogP contribution in [0.5, 0.6) is 0 Å². The third kappa shape index (κ3) is 4.35. The van der Waals surface area contributed by atoms with Crippen LogP contribution in [0.3, 0.4) is 0 Å². The predicted octanol–water partition coefficient (Wildman–Crippen LogP) is 3.62. The van der Waals surface area contributed by atoms with Crippen LogP contribution in [0.2, 0.25) is 0 Å². The summed E-state index contributed by atoms with van der Waals surface area (Å²) in [5.41, 5.74) is 0.424. The van der Waals surface area contributed by atoms with Gasteiger partial charge >= 0.3 is 11.9 Å². The molecule has 0 aliphatic heterocycles. The van der Waals surface area contributed by atoms with Crippen LogP contribution in [0, 0.1) is 0 Å². The molecule has 0 spiro atoms. The number of para-hydroxylation sites is 2. The van der Waals surface area contributed by atoms with E-state index < -0.39 is 23.6 Å². The number of carbonyl (C=O) groups is 2. The lowest BCUT2D eigenvalue weighted by Gasteiger charge is -2.31. The van der Waals surface area contributed by atoms with Gasteiger partial charge in [-0.05, 0) is 45.0 Å². The van der Waals surface area contributed by atoms with E-state index in [1.54, 1.807) is 69.3 Å². The number of rotatable bonds is 5. The van der Waals surface area contributed by atoms with Crippen LogP contribution in [0.4, 0.5) is 11.4 Å². The largest absolute Gasteiger partial charge is 0.479 e.